The van der Waals surface area contributed by atoms with Crippen molar-refractivity contribution in [3.8, 4) is 5.69 Å². The predicted octanol–water partition coefficient (Wildman–Crippen LogP) is 4.34. The van der Waals surface area contributed by atoms with E-state index in [0.29, 0.717) is 12.5 Å². The van der Waals surface area contributed by atoms with Crippen LogP contribution >= 0.6 is 24.0 Å². The molecule has 5 nitrogen and oxygen atoms in total. The van der Waals surface area contributed by atoms with Crippen molar-refractivity contribution in [1.29, 1.82) is 0 Å². The molecule has 0 aliphatic carbocycles. The topological polar surface area (TPSA) is 68.2 Å². The first kappa shape index (κ1) is 20.0. The highest BCUT2D eigenvalue weighted by Gasteiger charge is 2.08. The molecule has 2 aromatic carbocycles. The van der Waals surface area contributed by atoms with Crippen LogP contribution in [0.25, 0.3) is 5.69 Å². The van der Waals surface area contributed by atoms with Crippen LogP contribution in [0.3, 0.4) is 0 Å². The Morgan fingerprint density at radius 3 is 2.54 bits per heavy atom. The summed E-state index contributed by atoms with van der Waals surface area (Å²) in [5, 5.41) is 7.70. The van der Waals surface area contributed by atoms with Gasteiger partial charge in [0.15, 0.2) is 5.96 Å². The summed E-state index contributed by atoms with van der Waals surface area (Å²) in [5.41, 5.74) is 12.3. The van der Waals surface area contributed by atoms with E-state index in [1.807, 2.05) is 61.9 Å². The zero-order chi connectivity index (χ0) is 17.8. The van der Waals surface area contributed by atoms with E-state index < -0.39 is 0 Å². The fourth-order valence-electron chi connectivity index (χ4n) is 2.80. The standard InChI is InChI=1S/C20H23N5.HI/c1-14-7-6-9-18(11-14)23-20(21)22-13-17-8-4-5-10-19(17)25-16(3)12-15(2)24-25;/h4-12H,13H2,1-3H3,(H3,21,22,23);1H. The summed E-state index contributed by atoms with van der Waals surface area (Å²) in [6.45, 7) is 6.57. The van der Waals surface area contributed by atoms with Crippen molar-refractivity contribution < 1.29 is 0 Å². The fourth-order valence-corrected chi connectivity index (χ4v) is 2.80. The average Bonchev–Trinajstić information content (AvgIpc) is 2.91. The third kappa shape index (κ3) is 4.85. The highest BCUT2D eigenvalue weighted by molar-refractivity contribution is 14.0. The first-order chi connectivity index (χ1) is 12.0. The van der Waals surface area contributed by atoms with Crippen LogP contribution in [0.15, 0.2) is 59.6 Å². The number of aliphatic imine (C=N–C) groups is 1. The Morgan fingerprint density at radius 1 is 1.08 bits per heavy atom. The molecular formula is C20H24IN5. The van der Waals surface area contributed by atoms with Gasteiger partial charge < -0.3 is 11.1 Å². The van der Waals surface area contributed by atoms with Gasteiger partial charge >= 0.3 is 0 Å². The number of rotatable bonds is 4. The number of aryl methyl sites for hydroxylation is 3. The van der Waals surface area contributed by atoms with E-state index in [4.69, 9.17) is 5.73 Å². The maximum Gasteiger partial charge on any atom is 0.193 e. The van der Waals surface area contributed by atoms with Gasteiger partial charge in [0.2, 0.25) is 0 Å². The van der Waals surface area contributed by atoms with Gasteiger partial charge in [0.05, 0.1) is 17.9 Å². The van der Waals surface area contributed by atoms with E-state index in [1.54, 1.807) is 0 Å². The maximum atomic E-state index is 6.04. The normalized spacial score (nSPS) is 11.1. The minimum Gasteiger partial charge on any atom is -0.370 e. The van der Waals surface area contributed by atoms with E-state index in [1.165, 1.54) is 5.56 Å². The highest BCUT2D eigenvalue weighted by atomic mass is 127. The van der Waals surface area contributed by atoms with Crippen LogP contribution in [0.5, 0.6) is 0 Å². The third-order valence-electron chi connectivity index (χ3n) is 3.94. The van der Waals surface area contributed by atoms with E-state index >= 15 is 0 Å². The molecule has 136 valence electrons. The summed E-state index contributed by atoms with van der Waals surface area (Å²) >= 11 is 0. The number of halogens is 1. The lowest BCUT2D eigenvalue weighted by Gasteiger charge is -2.10. The molecule has 6 heteroatoms. The Bertz CT molecular complexity index is 914. The van der Waals surface area contributed by atoms with E-state index in [2.05, 4.69) is 33.6 Å². The Labute approximate surface area is 171 Å². The average molecular weight is 461 g/mol. The Morgan fingerprint density at radius 2 is 1.85 bits per heavy atom. The number of aromatic nitrogens is 2. The van der Waals surface area contributed by atoms with Gasteiger partial charge in [-0.2, -0.15) is 5.10 Å². The van der Waals surface area contributed by atoms with Crippen molar-refractivity contribution in [2.24, 2.45) is 10.7 Å². The zero-order valence-electron chi connectivity index (χ0n) is 15.2. The second-order valence-corrected chi connectivity index (χ2v) is 6.16. The summed E-state index contributed by atoms with van der Waals surface area (Å²) in [7, 11) is 0. The summed E-state index contributed by atoms with van der Waals surface area (Å²) in [6.07, 6.45) is 0. The summed E-state index contributed by atoms with van der Waals surface area (Å²) in [6, 6.07) is 18.2. The van der Waals surface area contributed by atoms with Crippen LogP contribution in [0.4, 0.5) is 5.69 Å². The number of para-hydroxylation sites is 1. The monoisotopic (exact) mass is 461 g/mol. The predicted molar refractivity (Wildman–Crippen MR) is 119 cm³/mol. The van der Waals surface area contributed by atoms with Crippen LogP contribution in [0.1, 0.15) is 22.5 Å². The number of nitrogens with two attached hydrogens (primary N) is 1. The number of nitrogens with one attached hydrogen (secondary N) is 1. The zero-order valence-corrected chi connectivity index (χ0v) is 17.6. The first-order valence-corrected chi connectivity index (χ1v) is 8.28. The number of nitrogens with zero attached hydrogens (tertiary/aromatic N) is 3. The third-order valence-corrected chi connectivity index (χ3v) is 3.94. The van der Waals surface area contributed by atoms with Crippen LogP contribution in [0.2, 0.25) is 0 Å². The molecule has 0 aliphatic rings. The van der Waals surface area contributed by atoms with E-state index in [0.717, 1.165) is 28.3 Å². The highest BCUT2D eigenvalue weighted by Crippen LogP contribution is 2.18. The molecule has 3 aromatic rings. The molecule has 0 aliphatic heterocycles. The van der Waals surface area contributed by atoms with E-state index in [-0.39, 0.29) is 24.0 Å². The molecule has 0 atom stereocenters. The van der Waals surface area contributed by atoms with Gasteiger partial charge in [0, 0.05) is 11.4 Å². The van der Waals surface area contributed by atoms with Crippen LogP contribution in [-0.4, -0.2) is 15.7 Å². The molecule has 0 fully saturated rings. The molecule has 1 heterocycles. The van der Waals surface area contributed by atoms with Crippen LogP contribution in [0, 0.1) is 20.8 Å². The first-order valence-electron chi connectivity index (χ1n) is 8.28. The largest absolute Gasteiger partial charge is 0.370 e. The van der Waals surface area contributed by atoms with Gasteiger partial charge in [-0.1, -0.05) is 30.3 Å². The quantitative estimate of drug-likeness (QED) is 0.345. The number of guanidine groups is 1. The van der Waals surface area contributed by atoms with Gasteiger partial charge in [-0.15, -0.1) is 24.0 Å². The molecule has 0 amide bonds. The lowest BCUT2D eigenvalue weighted by atomic mass is 10.2. The molecule has 0 saturated heterocycles. The van der Waals surface area contributed by atoms with Gasteiger partial charge in [0.1, 0.15) is 0 Å². The minimum absolute atomic E-state index is 0. The number of hydrogen-bond donors (Lipinski definition) is 2. The SMILES string of the molecule is Cc1cccc(NC(N)=NCc2ccccc2-n2nc(C)cc2C)c1.I. The molecular weight excluding hydrogens is 437 g/mol. The molecule has 26 heavy (non-hydrogen) atoms. The maximum absolute atomic E-state index is 6.04. The van der Waals surface area contributed by atoms with Crippen molar-refractivity contribution >= 4 is 35.6 Å². The molecule has 0 bridgehead atoms. The molecule has 3 N–H and O–H groups in total. The second-order valence-electron chi connectivity index (χ2n) is 6.16. The second kappa shape index (κ2) is 8.84. The molecule has 0 spiro atoms. The fraction of sp³-hybridized carbons (Fsp3) is 0.200. The van der Waals surface area contributed by atoms with E-state index in [9.17, 15) is 0 Å². The summed E-state index contributed by atoms with van der Waals surface area (Å²) in [5.74, 6) is 0.397. The smallest absolute Gasteiger partial charge is 0.193 e. The molecule has 0 radical (unpaired) electrons. The van der Waals surface area contributed by atoms with Gasteiger partial charge in [-0.05, 0) is 56.2 Å². The lowest BCUT2D eigenvalue weighted by Crippen LogP contribution is -2.22. The van der Waals surface area contributed by atoms with Gasteiger partial charge in [-0.25, -0.2) is 9.67 Å². The number of anilines is 1. The Balaban J connectivity index is 0.00000243. The molecule has 0 saturated carbocycles. The molecule has 1 aromatic heterocycles. The van der Waals surface area contributed by atoms with Crippen molar-refractivity contribution in [2.45, 2.75) is 27.3 Å². The van der Waals surface area contributed by atoms with Crippen molar-refractivity contribution in [1.82, 2.24) is 9.78 Å². The minimum atomic E-state index is 0. The van der Waals surface area contributed by atoms with Crippen molar-refractivity contribution in [3.05, 3.63) is 77.1 Å². The van der Waals surface area contributed by atoms with Gasteiger partial charge in [-0.3, -0.25) is 0 Å². The number of hydrogen-bond acceptors (Lipinski definition) is 2. The van der Waals surface area contributed by atoms with Crippen LogP contribution in [-0.2, 0) is 6.54 Å². The van der Waals surface area contributed by atoms with Gasteiger partial charge in [0.25, 0.3) is 0 Å². The summed E-state index contributed by atoms with van der Waals surface area (Å²) in [4.78, 5) is 4.48. The Hall–Kier alpha value is -2.35. The number of benzene rings is 2. The van der Waals surface area contributed by atoms with Crippen molar-refractivity contribution in [3.63, 3.8) is 0 Å². The van der Waals surface area contributed by atoms with Crippen molar-refractivity contribution in [2.75, 3.05) is 5.32 Å². The lowest BCUT2D eigenvalue weighted by molar-refractivity contribution is 0.818. The molecule has 0 unspecified atom stereocenters. The van der Waals surface area contributed by atoms with Crippen LogP contribution < -0.4 is 11.1 Å². The Kier molecular flexibility index (Phi) is 6.79. The summed E-state index contributed by atoms with van der Waals surface area (Å²) < 4.78 is 1.95. The molecule has 3 rings (SSSR count).